The fourth-order valence-corrected chi connectivity index (χ4v) is 1.99. The molecule has 0 aliphatic carbocycles. The number of carboxylic acids is 1. The molecular weight excluding hydrogens is 287 g/mol. The van der Waals surface area contributed by atoms with E-state index in [0.29, 0.717) is 21.4 Å². The second-order valence-electron chi connectivity index (χ2n) is 3.93. The average Bonchev–Trinajstić information content (AvgIpc) is 2.36. The number of aromatic nitrogens is 1. The molecule has 0 saturated carbocycles. The van der Waals surface area contributed by atoms with Crippen molar-refractivity contribution in [3.8, 4) is 0 Å². The summed E-state index contributed by atoms with van der Waals surface area (Å²) in [5, 5.41) is 13.0. The zero-order valence-corrected chi connectivity index (χ0v) is 11.5. The maximum Gasteiger partial charge on any atom is 0.339 e. The predicted molar refractivity (Wildman–Crippen MR) is 75.7 cm³/mol. The van der Waals surface area contributed by atoms with Gasteiger partial charge in [-0.05, 0) is 30.7 Å². The number of hydrogen-bond donors (Lipinski definition) is 2. The Kier molecular flexibility index (Phi) is 3.93. The fraction of sp³-hybridized carbons (Fsp3) is 0.0769. The van der Waals surface area contributed by atoms with Gasteiger partial charge in [-0.1, -0.05) is 23.2 Å². The minimum atomic E-state index is -1.06. The highest BCUT2D eigenvalue weighted by Gasteiger charge is 2.12. The van der Waals surface area contributed by atoms with Crippen LogP contribution >= 0.6 is 23.2 Å². The molecule has 0 radical (unpaired) electrons. The minimum Gasteiger partial charge on any atom is -0.478 e. The summed E-state index contributed by atoms with van der Waals surface area (Å²) in [6.45, 7) is 1.84. The number of anilines is 2. The SMILES string of the molecule is Cc1cc(Cl)c(Nc2ccncc2C(=O)O)cc1Cl. The summed E-state index contributed by atoms with van der Waals surface area (Å²) in [5.41, 5.74) is 1.87. The first-order chi connectivity index (χ1) is 8.99. The fourth-order valence-electron chi connectivity index (χ4n) is 1.56. The monoisotopic (exact) mass is 296 g/mol. The van der Waals surface area contributed by atoms with E-state index < -0.39 is 5.97 Å². The van der Waals surface area contributed by atoms with E-state index in [9.17, 15) is 4.79 Å². The van der Waals surface area contributed by atoms with Crippen molar-refractivity contribution in [3.05, 3.63) is 51.8 Å². The van der Waals surface area contributed by atoms with Gasteiger partial charge in [-0.2, -0.15) is 0 Å². The Bertz CT molecular complexity index is 645. The second kappa shape index (κ2) is 5.47. The number of carboxylic acid groups (broad SMARTS) is 1. The molecule has 6 heteroatoms. The standard InChI is InChI=1S/C13H10Cl2N2O2/c1-7-4-10(15)12(5-9(7)14)17-11-2-3-16-6-8(11)13(18)19/h2-6H,1H3,(H,16,17)(H,18,19). The molecular formula is C13H10Cl2N2O2. The Balaban J connectivity index is 2.42. The lowest BCUT2D eigenvalue weighted by molar-refractivity contribution is 0.0697. The van der Waals surface area contributed by atoms with Crippen LogP contribution in [0.15, 0.2) is 30.6 Å². The highest BCUT2D eigenvalue weighted by molar-refractivity contribution is 6.35. The smallest absolute Gasteiger partial charge is 0.339 e. The number of halogens is 2. The minimum absolute atomic E-state index is 0.0651. The molecule has 0 amide bonds. The van der Waals surface area contributed by atoms with E-state index in [4.69, 9.17) is 28.3 Å². The number of hydrogen-bond acceptors (Lipinski definition) is 3. The van der Waals surface area contributed by atoms with Crippen LogP contribution in [0.2, 0.25) is 10.0 Å². The normalized spacial score (nSPS) is 10.3. The molecule has 2 rings (SSSR count). The lowest BCUT2D eigenvalue weighted by Crippen LogP contribution is -2.03. The van der Waals surface area contributed by atoms with E-state index in [-0.39, 0.29) is 5.56 Å². The highest BCUT2D eigenvalue weighted by Crippen LogP contribution is 2.31. The summed E-state index contributed by atoms with van der Waals surface area (Å²) in [5.74, 6) is -1.06. The number of aryl methyl sites for hydroxylation is 1. The van der Waals surface area contributed by atoms with Gasteiger partial charge in [-0.3, -0.25) is 4.98 Å². The van der Waals surface area contributed by atoms with E-state index in [0.717, 1.165) is 5.56 Å². The molecule has 1 aromatic heterocycles. The van der Waals surface area contributed by atoms with E-state index in [2.05, 4.69) is 10.3 Å². The van der Waals surface area contributed by atoms with E-state index in [1.807, 2.05) is 6.92 Å². The first-order valence-electron chi connectivity index (χ1n) is 5.39. The zero-order valence-electron chi connectivity index (χ0n) is 9.95. The van der Waals surface area contributed by atoms with Crippen LogP contribution in [-0.4, -0.2) is 16.1 Å². The van der Waals surface area contributed by atoms with Crippen LogP contribution in [0.1, 0.15) is 15.9 Å². The van der Waals surface area contributed by atoms with Gasteiger partial charge in [0, 0.05) is 17.4 Å². The molecule has 0 atom stereocenters. The van der Waals surface area contributed by atoms with Crippen LogP contribution in [0, 0.1) is 6.92 Å². The van der Waals surface area contributed by atoms with Crippen molar-refractivity contribution in [1.82, 2.24) is 4.98 Å². The molecule has 2 aromatic rings. The number of rotatable bonds is 3. The van der Waals surface area contributed by atoms with Crippen molar-refractivity contribution in [2.45, 2.75) is 6.92 Å². The number of carbonyl (C=O) groups is 1. The largest absolute Gasteiger partial charge is 0.478 e. The molecule has 4 nitrogen and oxygen atoms in total. The lowest BCUT2D eigenvalue weighted by Gasteiger charge is -2.12. The van der Waals surface area contributed by atoms with Gasteiger partial charge in [0.15, 0.2) is 0 Å². The van der Waals surface area contributed by atoms with Crippen LogP contribution in [0.5, 0.6) is 0 Å². The zero-order chi connectivity index (χ0) is 14.0. The van der Waals surface area contributed by atoms with Crippen LogP contribution < -0.4 is 5.32 Å². The maximum absolute atomic E-state index is 11.1. The average molecular weight is 297 g/mol. The number of nitrogens with one attached hydrogen (secondary N) is 1. The van der Waals surface area contributed by atoms with Gasteiger partial charge in [0.2, 0.25) is 0 Å². The molecule has 98 valence electrons. The molecule has 0 spiro atoms. The topological polar surface area (TPSA) is 62.2 Å². The first kappa shape index (κ1) is 13.6. The summed E-state index contributed by atoms with van der Waals surface area (Å²) in [6, 6.07) is 4.94. The van der Waals surface area contributed by atoms with E-state index in [1.54, 1.807) is 18.2 Å². The Labute approximate surface area is 120 Å². The Hall–Kier alpha value is -1.78. The van der Waals surface area contributed by atoms with Gasteiger partial charge in [0.1, 0.15) is 5.56 Å². The first-order valence-corrected chi connectivity index (χ1v) is 6.14. The van der Waals surface area contributed by atoms with Crippen molar-refractivity contribution < 1.29 is 9.90 Å². The molecule has 0 unspecified atom stereocenters. The number of benzene rings is 1. The molecule has 1 aromatic carbocycles. The van der Waals surface area contributed by atoms with Crippen LogP contribution in [0.3, 0.4) is 0 Å². The second-order valence-corrected chi connectivity index (χ2v) is 4.75. The van der Waals surface area contributed by atoms with Crippen molar-refractivity contribution >= 4 is 40.5 Å². The van der Waals surface area contributed by atoms with Crippen molar-refractivity contribution in [1.29, 1.82) is 0 Å². The molecule has 0 aliphatic heterocycles. The third kappa shape index (κ3) is 2.97. The molecule has 0 saturated heterocycles. The quantitative estimate of drug-likeness (QED) is 0.893. The lowest BCUT2D eigenvalue weighted by atomic mass is 10.2. The number of aromatic carboxylic acids is 1. The van der Waals surface area contributed by atoms with E-state index in [1.165, 1.54) is 12.4 Å². The summed E-state index contributed by atoms with van der Waals surface area (Å²) < 4.78 is 0. The molecule has 0 fully saturated rings. The van der Waals surface area contributed by atoms with Crippen molar-refractivity contribution in [3.63, 3.8) is 0 Å². The van der Waals surface area contributed by atoms with Crippen LogP contribution in [0.25, 0.3) is 0 Å². The van der Waals surface area contributed by atoms with E-state index >= 15 is 0 Å². The summed E-state index contributed by atoms with van der Waals surface area (Å²) in [4.78, 5) is 14.9. The Morgan fingerprint density at radius 1 is 1.26 bits per heavy atom. The van der Waals surface area contributed by atoms with Gasteiger partial charge in [-0.15, -0.1) is 0 Å². The Morgan fingerprint density at radius 3 is 2.68 bits per heavy atom. The van der Waals surface area contributed by atoms with Gasteiger partial charge in [0.25, 0.3) is 0 Å². The van der Waals surface area contributed by atoms with Gasteiger partial charge in [0.05, 0.1) is 16.4 Å². The van der Waals surface area contributed by atoms with Crippen molar-refractivity contribution in [2.75, 3.05) is 5.32 Å². The summed E-state index contributed by atoms with van der Waals surface area (Å²) in [7, 11) is 0. The third-order valence-corrected chi connectivity index (χ3v) is 3.29. The highest BCUT2D eigenvalue weighted by atomic mass is 35.5. The molecule has 1 heterocycles. The molecule has 2 N–H and O–H groups in total. The number of pyridine rings is 1. The van der Waals surface area contributed by atoms with Crippen molar-refractivity contribution in [2.24, 2.45) is 0 Å². The summed E-state index contributed by atoms with van der Waals surface area (Å²) in [6.07, 6.45) is 2.77. The Morgan fingerprint density at radius 2 is 2.00 bits per heavy atom. The van der Waals surface area contributed by atoms with Gasteiger partial charge >= 0.3 is 5.97 Å². The van der Waals surface area contributed by atoms with Gasteiger partial charge < -0.3 is 10.4 Å². The van der Waals surface area contributed by atoms with Crippen LogP contribution in [0.4, 0.5) is 11.4 Å². The summed E-state index contributed by atoms with van der Waals surface area (Å²) >= 11 is 12.1. The molecule has 0 bridgehead atoms. The molecule has 19 heavy (non-hydrogen) atoms. The maximum atomic E-state index is 11.1. The third-order valence-electron chi connectivity index (χ3n) is 2.57. The predicted octanol–water partition coefficient (Wildman–Crippen LogP) is 4.14. The molecule has 0 aliphatic rings. The van der Waals surface area contributed by atoms with Crippen LogP contribution in [-0.2, 0) is 0 Å². The number of nitrogens with zero attached hydrogens (tertiary/aromatic N) is 1. The van der Waals surface area contributed by atoms with Gasteiger partial charge in [-0.25, -0.2) is 4.79 Å².